The summed E-state index contributed by atoms with van der Waals surface area (Å²) >= 11 is 10.9. The van der Waals surface area contributed by atoms with Crippen molar-refractivity contribution in [1.82, 2.24) is 0 Å². The number of benzene rings is 3. The number of anilines is 1. The highest BCUT2D eigenvalue weighted by atomic mass is 79.9. The number of hydrogen-bond acceptors (Lipinski definition) is 4. The lowest BCUT2D eigenvalue weighted by Crippen LogP contribution is -2.08. The van der Waals surface area contributed by atoms with Crippen LogP contribution in [0.4, 0.5) is 5.69 Å². The largest absolute Gasteiger partial charge is 0.478 e. The summed E-state index contributed by atoms with van der Waals surface area (Å²) in [6, 6.07) is 18.6. The van der Waals surface area contributed by atoms with Crippen molar-refractivity contribution in [3.05, 3.63) is 92.4 Å². The Morgan fingerprint density at radius 3 is 2.55 bits per heavy atom. The molecule has 0 atom stereocenters. The minimum atomic E-state index is -1.01. The van der Waals surface area contributed by atoms with Crippen LogP contribution in [0.5, 0.6) is 0 Å². The van der Waals surface area contributed by atoms with Gasteiger partial charge in [-0.3, -0.25) is 5.41 Å². The van der Waals surface area contributed by atoms with E-state index >= 15 is 0 Å². The molecule has 0 heterocycles. The molecule has 0 aromatic heterocycles. The quantitative estimate of drug-likeness (QED) is 0.260. The standard InChI is InChI=1S/C22H18BrClN2O2S/c1-26-18-11-15(24)7-8-16(18)21(25)14-9-17(23)20(22(27)28)19(10-14)29-12-13-5-3-2-4-6-13/h2-11,25-26H,12H2,1H3,(H,27,28). The number of hydrogen-bond donors (Lipinski definition) is 3. The zero-order valence-electron chi connectivity index (χ0n) is 15.5. The van der Waals surface area contributed by atoms with Crippen molar-refractivity contribution in [3.63, 3.8) is 0 Å². The maximum absolute atomic E-state index is 11.8. The third kappa shape index (κ3) is 5.01. The topological polar surface area (TPSA) is 73.2 Å². The first-order valence-corrected chi connectivity index (χ1v) is 10.9. The number of nitrogens with one attached hydrogen (secondary N) is 2. The van der Waals surface area contributed by atoms with E-state index < -0.39 is 5.97 Å². The van der Waals surface area contributed by atoms with Crippen molar-refractivity contribution in [3.8, 4) is 0 Å². The van der Waals surface area contributed by atoms with E-state index in [2.05, 4.69) is 21.2 Å². The van der Waals surface area contributed by atoms with Gasteiger partial charge in [0.25, 0.3) is 0 Å². The number of thioether (sulfide) groups is 1. The van der Waals surface area contributed by atoms with Gasteiger partial charge in [0.15, 0.2) is 0 Å². The summed E-state index contributed by atoms with van der Waals surface area (Å²) in [6.07, 6.45) is 0. The molecular formula is C22H18BrClN2O2S. The van der Waals surface area contributed by atoms with Gasteiger partial charge in [-0.25, -0.2) is 4.79 Å². The minimum Gasteiger partial charge on any atom is -0.478 e. The van der Waals surface area contributed by atoms with Crippen LogP contribution in [0.3, 0.4) is 0 Å². The molecule has 0 radical (unpaired) electrons. The van der Waals surface area contributed by atoms with Crippen molar-refractivity contribution < 1.29 is 9.90 Å². The summed E-state index contributed by atoms with van der Waals surface area (Å²) in [5, 5.41) is 22.0. The Kier molecular flexibility index (Phi) is 7.00. The second-order valence-electron chi connectivity index (χ2n) is 6.23. The fourth-order valence-electron chi connectivity index (χ4n) is 2.88. The van der Waals surface area contributed by atoms with E-state index in [-0.39, 0.29) is 11.3 Å². The smallest absolute Gasteiger partial charge is 0.337 e. The Balaban J connectivity index is 2.01. The molecule has 3 aromatic rings. The van der Waals surface area contributed by atoms with E-state index in [1.807, 2.05) is 30.3 Å². The van der Waals surface area contributed by atoms with E-state index in [4.69, 9.17) is 17.0 Å². The van der Waals surface area contributed by atoms with Crippen molar-refractivity contribution in [1.29, 1.82) is 5.41 Å². The number of carbonyl (C=O) groups is 1. The summed E-state index contributed by atoms with van der Waals surface area (Å²) < 4.78 is 0.447. The predicted molar refractivity (Wildman–Crippen MR) is 124 cm³/mol. The molecule has 3 N–H and O–H groups in total. The highest BCUT2D eigenvalue weighted by Gasteiger charge is 2.19. The fraction of sp³-hybridized carbons (Fsp3) is 0.0909. The van der Waals surface area contributed by atoms with Gasteiger partial charge < -0.3 is 10.4 Å². The Hall–Kier alpha value is -2.28. The summed E-state index contributed by atoms with van der Waals surface area (Å²) in [5.41, 5.74) is 3.62. The van der Waals surface area contributed by atoms with Crippen LogP contribution in [0.25, 0.3) is 0 Å². The summed E-state index contributed by atoms with van der Waals surface area (Å²) in [6.45, 7) is 0. The molecule has 0 aliphatic rings. The summed E-state index contributed by atoms with van der Waals surface area (Å²) in [5.74, 6) is -0.375. The van der Waals surface area contributed by atoms with Gasteiger partial charge in [-0.1, -0.05) is 41.9 Å². The van der Waals surface area contributed by atoms with Gasteiger partial charge in [0.2, 0.25) is 0 Å². The average Bonchev–Trinajstić information content (AvgIpc) is 2.71. The molecule has 0 aliphatic carbocycles. The van der Waals surface area contributed by atoms with Crippen molar-refractivity contribution >= 4 is 56.7 Å². The molecular weight excluding hydrogens is 472 g/mol. The minimum absolute atomic E-state index is 0.201. The highest BCUT2D eigenvalue weighted by molar-refractivity contribution is 9.10. The van der Waals surface area contributed by atoms with Crippen LogP contribution in [0, 0.1) is 5.41 Å². The molecule has 0 bridgehead atoms. The SMILES string of the molecule is CNc1cc(Cl)ccc1C(=N)c1cc(Br)c(C(=O)O)c(SCc2ccccc2)c1. The Morgan fingerprint density at radius 2 is 1.90 bits per heavy atom. The highest BCUT2D eigenvalue weighted by Crippen LogP contribution is 2.34. The van der Waals surface area contributed by atoms with Gasteiger partial charge in [-0.15, -0.1) is 11.8 Å². The fourth-order valence-corrected chi connectivity index (χ4v) is 4.88. The molecule has 148 valence electrons. The number of carboxylic acid groups (broad SMARTS) is 1. The number of aromatic carboxylic acids is 1. The normalized spacial score (nSPS) is 10.6. The van der Waals surface area contributed by atoms with Crippen LogP contribution in [-0.4, -0.2) is 23.8 Å². The molecule has 3 aromatic carbocycles. The number of halogens is 2. The lowest BCUT2D eigenvalue weighted by atomic mass is 9.99. The Morgan fingerprint density at radius 1 is 1.17 bits per heavy atom. The number of carboxylic acids is 1. The van der Waals surface area contributed by atoms with Crippen LogP contribution in [-0.2, 0) is 5.75 Å². The maximum Gasteiger partial charge on any atom is 0.337 e. The zero-order valence-corrected chi connectivity index (χ0v) is 18.7. The number of rotatable bonds is 7. The first-order chi connectivity index (χ1) is 13.9. The second kappa shape index (κ2) is 9.48. The van der Waals surface area contributed by atoms with E-state index in [0.29, 0.717) is 31.3 Å². The molecule has 7 heteroatoms. The first kappa shape index (κ1) is 21.4. The van der Waals surface area contributed by atoms with Gasteiger partial charge in [0, 0.05) is 44.0 Å². The van der Waals surface area contributed by atoms with Gasteiger partial charge in [-0.05, 0) is 51.8 Å². The molecule has 3 rings (SSSR count). The molecule has 0 amide bonds. The van der Waals surface area contributed by atoms with Gasteiger partial charge >= 0.3 is 5.97 Å². The Bertz CT molecular complexity index is 1070. The maximum atomic E-state index is 11.8. The molecule has 4 nitrogen and oxygen atoms in total. The molecule has 29 heavy (non-hydrogen) atoms. The van der Waals surface area contributed by atoms with Crippen LogP contribution in [0.2, 0.25) is 5.02 Å². The molecule has 0 fully saturated rings. The molecule has 0 saturated carbocycles. The summed E-state index contributed by atoms with van der Waals surface area (Å²) in [4.78, 5) is 12.4. The van der Waals surface area contributed by atoms with Crippen molar-refractivity contribution in [2.24, 2.45) is 0 Å². The van der Waals surface area contributed by atoms with Crippen LogP contribution in [0.15, 0.2) is 70.0 Å². The lowest BCUT2D eigenvalue weighted by Gasteiger charge is -2.15. The monoisotopic (exact) mass is 488 g/mol. The van der Waals surface area contributed by atoms with E-state index in [9.17, 15) is 9.90 Å². The third-order valence-corrected chi connectivity index (χ3v) is 6.29. The van der Waals surface area contributed by atoms with Crippen molar-refractivity contribution in [2.75, 3.05) is 12.4 Å². The molecule has 0 spiro atoms. The van der Waals surface area contributed by atoms with E-state index in [1.165, 1.54) is 11.8 Å². The lowest BCUT2D eigenvalue weighted by molar-refractivity contribution is 0.0692. The van der Waals surface area contributed by atoms with E-state index in [1.54, 1.807) is 37.4 Å². The van der Waals surface area contributed by atoms with Crippen molar-refractivity contribution in [2.45, 2.75) is 10.6 Å². The Labute approximate surface area is 186 Å². The third-order valence-electron chi connectivity index (χ3n) is 4.31. The molecule has 0 unspecified atom stereocenters. The summed E-state index contributed by atoms with van der Waals surface area (Å²) in [7, 11) is 1.77. The molecule has 0 aliphatic heterocycles. The van der Waals surface area contributed by atoms with Crippen LogP contribution >= 0.6 is 39.3 Å². The molecule has 0 saturated heterocycles. The van der Waals surface area contributed by atoms with E-state index in [0.717, 1.165) is 11.3 Å². The van der Waals surface area contributed by atoms with Gasteiger partial charge in [-0.2, -0.15) is 0 Å². The van der Waals surface area contributed by atoms with Crippen LogP contribution < -0.4 is 5.32 Å². The van der Waals surface area contributed by atoms with Gasteiger partial charge in [0.05, 0.1) is 11.3 Å². The van der Waals surface area contributed by atoms with Crippen LogP contribution in [0.1, 0.15) is 27.0 Å². The first-order valence-electron chi connectivity index (χ1n) is 8.71. The second-order valence-corrected chi connectivity index (χ2v) is 8.53. The van der Waals surface area contributed by atoms with Gasteiger partial charge in [0.1, 0.15) is 0 Å². The predicted octanol–water partition coefficient (Wildman–Crippen LogP) is 6.55. The zero-order chi connectivity index (χ0) is 21.0. The average molecular weight is 490 g/mol.